The van der Waals surface area contributed by atoms with E-state index in [-0.39, 0.29) is 23.3 Å². The molecule has 0 saturated heterocycles. The van der Waals surface area contributed by atoms with Gasteiger partial charge in [-0.05, 0) is 36.8 Å². The molecule has 1 aliphatic heterocycles. The Morgan fingerprint density at radius 2 is 1.49 bits per heavy atom. The van der Waals surface area contributed by atoms with Crippen LogP contribution in [0.5, 0.6) is 0 Å². The number of fused-ring (bicyclic) bond motifs is 1. The highest BCUT2D eigenvalue weighted by atomic mass is 16.5. The van der Waals surface area contributed by atoms with Crippen LogP contribution in [0.4, 0.5) is 5.69 Å². The summed E-state index contributed by atoms with van der Waals surface area (Å²) < 4.78 is 5.23. The van der Waals surface area contributed by atoms with Gasteiger partial charge in [0.25, 0.3) is 17.7 Å². The van der Waals surface area contributed by atoms with E-state index in [1.165, 1.54) is 25.1 Å². The van der Waals surface area contributed by atoms with Gasteiger partial charge in [-0.1, -0.05) is 54.6 Å². The molecule has 0 aromatic heterocycles. The summed E-state index contributed by atoms with van der Waals surface area (Å²) in [6, 6.07) is 20.4. The summed E-state index contributed by atoms with van der Waals surface area (Å²) in [4.78, 5) is 63.9. The van der Waals surface area contributed by atoms with Crippen molar-refractivity contribution in [1.82, 2.24) is 4.90 Å². The molecule has 0 saturated carbocycles. The molecule has 0 fully saturated rings. The number of hydrogen-bond donors (Lipinski definition) is 1. The minimum atomic E-state index is -1.25. The zero-order chi connectivity index (χ0) is 24.9. The van der Waals surface area contributed by atoms with Gasteiger partial charge in [0.1, 0.15) is 6.04 Å². The molecular weight excluding hydrogens is 448 g/mol. The lowest BCUT2D eigenvalue weighted by atomic mass is 10.0. The summed E-state index contributed by atoms with van der Waals surface area (Å²) in [5.74, 6) is -2.84. The second-order valence-corrected chi connectivity index (χ2v) is 8.02. The van der Waals surface area contributed by atoms with Gasteiger partial charge < -0.3 is 10.1 Å². The van der Waals surface area contributed by atoms with E-state index in [1.807, 2.05) is 6.07 Å². The van der Waals surface area contributed by atoms with Crippen LogP contribution in [0, 0.1) is 0 Å². The summed E-state index contributed by atoms with van der Waals surface area (Å²) in [5, 5.41) is 2.57. The van der Waals surface area contributed by atoms with E-state index in [0.717, 1.165) is 10.5 Å². The van der Waals surface area contributed by atoms with Crippen molar-refractivity contribution in [2.45, 2.75) is 19.4 Å². The summed E-state index contributed by atoms with van der Waals surface area (Å²) in [6.07, 6.45) is 0.0351. The molecule has 0 unspecified atom stereocenters. The van der Waals surface area contributed by atoms with Gasteiger partial charge in [0.2, 0.25) is 0 Å². The molecule has 1 atom stereocenters. The Hall–Kier alpha value is -4.59. The van der Waals surface area contributed by atoms with Crippen molar-refractivity contribution in [2.75, 3.05) is 11.9 Å². The summed E-state index contributed by atoms with van der Waals surface area (Å²) in [6.45, 7) is 0.784. The number of carbonyl (C=O) groups is 5. The molecule has 8 nitrogen and oxygen atoms in total. The summed E-state index contributed by atoms with van der Waals surface area (Å²) >= 11 is 0. The van der Waals surface area contributed by atoms with E-state index >= 15 is 0 Å². The van der Waals surface area contributed by atoms with Crippen molar-refractivity contribution in [2.24, 2.45) is 0 Å². The van der Waals surface area contributed by atoms with E-state index in [9.17, 15) is 24.0 Å². The number of esters is 1. The molecule has 176 valence electrons. The molecule has 3 aromatic carbocycles. The molecule has 0 spiro atoms. The quantitative estimate of drug-likeness (QED) is 0.307. The SMILES string of the molecule is CC(=O)c1cccc(NC(=O)COC(=O)[C@@H](Cc2ccccc2)N2C(=O)c3ccccc3C2=O)c1. The largest absolute Gasteiger partial charge is 0.454 e. The van der Waals surface area contributed by atoms with Crippen LogP contribution in [-0.4, -0.2) is 47.0 Å². The smallest absolute Gasteiger partial charge is 0.330 e. The number of rotatable bonds is 8. The van der Waals surface area contributed by atoms with E-state index in [4.69, 9.17) is 4.74 Å². The first-order chi connectivity index (χ1) is 16.8. The average molecular weight is 470 g/mol. The predicted molar refractivity (Wildman–Crippen MR) is 127 cm³/mol. The molecule has 3 amide bonds. The Morgan fingerprint density at radius 1 is 0.857 bits per heavy atom. The summed E-state index contributed by atoms with van der Waals surface area (Å²) in [7, 11) is 0. The zero-order valence-corrected chi connectivity index (χ0v) is 18.9. The van der Waals surface area contributed by atoms with Crippen LogP contribution >= 0.6 is 0 Å². The van der Waals surface area contributed by atoms with Gasteiger partial charge >= 0.3 is 5.97 Å². The van der Waals surface area contributed by atoms with Gasteiger partial charge in [0, 0.05) is 17.7 Å². The fourth-order valence-corrected chi connectivity index (χ4v) is 3.85. The number of imide groups is 1. The molecule has 1 aliphatic rings. The van der Waals surface area contributed by atoms with Gasteiger partial charge in [-0.2, -0.15) is 0 Å². The van der Waals surface area contributed by atoms with E-state index in [0.29, 0.717) is 11.3 Å². The minimum Gasteiger partial charge on any atom is -0.454 e. The van der Waals surface area contributed by atoms with Crippen molar-refractivity contribution >= 4 is 35.2 Å². The van der Waals surface area contributed by atoms with Crippen LogP contribution in [-0.2, 0) is 20.7 Å². The van der Waals surface area contributed by atoms with Crippen LogP contribution in [0.1, 0.15) is 43.6 Å². The lowest BCUT2D eigenvalue weighted by molar-refractivity contribution is -0.151. The third-order valence-electron chi connectivity index (χ3n) is 5.58. The maximum atomic E-state index is 13.1. The van der Waals surface area contributed by atoms with Gasteiger partial charge in [0.15, 0.2) is 12.4 Å². The number of carbonyl (C=O) groups excluding carboxylic acids is 5. The number of Topliss-reactive ketones (excluding diaryl/α,β-unsaturated/α-hetero) is 1. The number of amides is 3. The number of nitrogens with zero attached hydrogens (tertiary/aromatic N) is 1. The van der Waals surface area contributed by atoms with E-state index in [1.54, 1.807) is 54.6 Å². The highest BCUT2D eigenvalue weighted by Crippen LogP contribution is 2.26. The maximum absolute atomic E-state index is 13.1. The van der Waals surface area contributed by atoms with Crippen molar-refractivity contribution in [3.05, 3.63) is 101 Å². The molecule has 0 radical (unpaired) electrons. The van der Waals surface area contributed by atoms with Crippen molar-refractivity contribution in [3.8, 4) is 0 Å². The van der Waals surface area contributed by atoms with Crippen LogP contribution in [0.3, 0.4) is 0 Å². The highest BCUT2D eigenvalue weighted by Gasteiger charge is 2.43. The summed E-state index contributed by atoms with van der Waals surface area (Å²) in [5.41, 5.74) is 1.95. The molecule has 35 heavy (non-hydrogen) atoms. The molecule has 1 heterocycles. The molecule has 1 N–H and O–H groups in total. The van der Waals surface area contributed by atoms with Crippen molar-refractivity contribution < 1.29 is 28.7 Å². The number of ether oxygens (including phenoxy) is 1. The standard InChI is InChI=1S/C27H22N2O6/c1-17(30)19-10-7-11-20(15-19)28-24(31)16-35-27(34)23(14-18-8-3-2-4-9-18)29-25(32)21-12-5-6-13-22(21)26(29)33/h2-13,15,23H,14,16H2,1H3,(H,28,31)/t23-/m1/s1. The zero-order valence-electron chi connectivity index (χ0n) is 18.9. The second-order valence-electron chi connectivity index (χ2n) is 8.02. The topological polar surface area (TPSA) is 110 Å². The lowest BCUT2D eigenvalue weighted by Gasteiger charge is -2.24. The number of anilines is 1. The van der Waals surface area contributed by atoms with Crippen LogP contribution < -0.4 is 5.32 Å². The third kappa shape index (κ3) is 5.16. The number of benzene rings is 3. The Balaban J connectivity index is 1.50. The van der Waals surface area contributed by atoms with Gasteiger partial charge in [-0.25, -0.2) is 4.79 Å². The van der Waals surface area contributed by atoms with E-state index < -0.39 is 36.3 Å². The highest BCUT2D eigenvalue weighted by molar-refractivity contribution is 6.22. The average Bonchev–Trinajstić information content (AvgIpc) is 3.11. The third-order valence-corrected chi connectivity index (χ3v) is 5.58. The Bertz CT molecular complexity index is 1280. The molecular formula is C27H22N2O6. The first kappa shape index (κ1) is 23.6. The van der Waals surface area contributed by atoms with E-state index in [2.05, 4.69) is 5.32 Å². The molecule has 3 aromatic rings. The normalized spacial score (nSPS) is 13.2. The van der Waals surface area contributed by atoms with Crippen molar-refractivity contribution in [1.29, 1.82) is 0 Å². The first-order valence-corrected chi connectivity index (χ1v) is 10.9. The molecule has 4 rings (SSSR count). The maximum Gasteiger partial charge on any atom is 0.330 e. The van der Waals surface area contributed by atoms with Crippen LogP contribution in [0.2, 0.25) is 0 Å². The fourth-order valence-electron chi connectivity index (χ4n) is 3.85. The number of hydrogen-bond acceptors (Lipinski definition) is 6. The van der Waals surface area contributed by atoms with Crippen LogP contribution in [0.25, 0.3) is 0 Å². The molecule has 0 bridgehead atoms. The van der Waals surface area contributed by atoms with Gasteiger partial charge in [-0.3, -0.25) is 24.1 Å². The lowest BCUT2D eigenvalue weighted by Crippen LogP contribution is -2.47. The first-order valence-electron chi connectivity index (χ1n) is 10.9. The minimum absolute atomic E-state index is 0.0351. The molecule has 0 aliphatic carbocycles. The number of nitrogens with one attached hydrogen (secondary N) is 1. The second kappa shape index (κ2) is 10.1. The Labute approximate surface area is 201 Å². The fraction of sp³-hybridized carbons (Fsp3) is 0.148. The molecule has 8 heteroatoms. The van der Waals surface area contributed by atoms with Gasteiger partial charge in [0.05, 0.1) is 11.1 Å². The van der Waals surface area contributed by atoms with Gasteiger partial charge in [-0.15, -0.1) is 0 Å². The Morgan fingerprint density at radius 3 is 2.11 bits per heavy atom. The van der Waals surface area contributed by atoms with Crippen LogP contribution in [0.15, 0.2) is 78.9 Å². The Kier molecular flexibility index (Phi) is 6.82. The monoisotopic (exact) mass is 470 g/mol. The van der Waals surface area contributed by atoms with Crippen molar-refractivity contribution in [3.63, 3.8) is 0 Å². The predicted octanol–water partition coefficient (Wildman–Crippen LogP) is 3.28. The number of ketones is 1.